The highest BCUT2D eigenvalue weighted by Crippen LogP contribution is 2.23. The summed E-state index contributed by atoms with van der Waals surface area (Å²) in [5.41, 5.74) is 2.98. The van der Waals surface area contributed by atoms with Crippen molar-refractivity contribution in [2.75, 3.05) is 7.11 Å². The topological polar surface area (TPSA) is 60.5 Å². The van der Waals surface area contributed by atoms with E-state index in [2.05, 4.69) is 10.3 Å². The smallest absolute Gasteiger partial charge is 0.224 e. The number of amides is 1. The molecule has 3 rings (SSSR count). The first-order valence-electron chi connectivity index (χ1n) is 9.16. The van der Waals surface area contributed by atoms with Gasteiger partial charge in [-0.1, -0.05) is 12.1 Å². The first-order valence-corrected chi connectivity index (χ1v) is 9.16. The Bertz CT molecular complexity index is 755. The molecule has 0 bridgehead atoms. The van der Waals surface area contributed by atoms with Crippen LogP contribution < -0.4 is 14.8 Å². The van der Waals surface area contributed by atoms with Crippen LogP contribution in [0.1, 0.15) is 42.4 Å². The van der Waals surface area contributed by atoms with Crippen molar-refractivity contribution >= 4 is 5.91 Å². The van der Waals surface area contributed by atoms with Crippen LogP contribution in [0.15, 0.2) is 36.5 Å². The lowest BCUT2D eigenvalue weighted by atomic mass is 10.1. The summed E-state index contributed by atoms with van der Waals surface area (Å²) in [5.74, 6) is 1.43. The molecule has 1 saturated carbocycles. The molecule has 1 aliphatic rings. The van der Waals surface area contributed by atoms with E-state index in [-0.39, 0.29) is 12.0 Å². The summed E-state index contributed by atoms with van der Waals surface area (Å²) in [4.78, 5) is 16.5. The van der Waals surface area contributed by atoms with Gasteiger partial charge in [0.2, 0.25) is 11.8 Å². The third-order valence-corrected chi connectivity index (χ3v) is 4.72. The van der Waals surface area contributed by atoms with Crippen molar-refractivity contribution in [2.45, 2.75) is 51.7 Å². The van der Waals surface area contributed by atoms with Crippen LogP contribution in [0.2, 0.25) is 0 Å². The Morgan fingerprint density at radius 3 is 2.77 bits per heavy atom. The van der Waals surface area contributed by atoms with E-state index in [0.717, 1.165) is 35.3 Å². The molecule has 0 atom stereocenters. The van der Waals surface area contributed by atoms with Gasteiger partial charge in [-0.25, -0.2) is 4.98 Å². The van der Waals surface area contributed by atoms with Crippen LogP contribution in [-0.2, 0) is 17.8 Å². The minimum atomic E-state index is -0.0222. The van der Waals surface area contributed by atoms with Gasteiger partial charge in [-0.05, 0) is 61.4 Å². The standard InChI is InChI=1S/C21H26N2O3/c1-15-7-8-16(11-19(15)25-2)12-20(24)23-14-17-9-10-22-21(13-17)26-18-5-3-4-6-18/h7-11,13,18H,3-6,12,14H2,1-2H3,(H,23,24). The number of hydrogen-bond donors (Lipinski definition) is 1. The third-order valence-electron chi connectivity index (χ3n) is 4.72. The number of nitrogens with one attached hydrogen (secondary N) is 1. The molecular formula is C21H26N2O3. The van der Waals surface area contributed by atoms with E-state index in [1.54, 1.807) is 13.3 Å². The SMILES string of the molecule is COc1cc(CC(=O)NCc2ccnc(OC3CCCC3)c2)ccc1C. The molecule has 1 aliphatic carbocycles. The monoisotopic (exact) mass is 354 g/mol. The minimum Gasteiger partial charge on any atom is -0.496 e. The molecule has 2 aromatic rings. The molecule has 0 radical (unpaired) electrons. The zero-order chi connectivity index (χ0) is 18.4. The third kappa shape index (κ3) is 4.97. The van der Waals surface area contributed by atoms with Crippen LogP contribution in [0.3, 0.4) is 0 Å². The number of carbonyl (C=O) groups is 1. The summed E-state index contributed by atoms with van der Waals surface area (Å²) < 4.78 is 11.2. The second-order valence-electron chi connectivity index (χ2n) is 6.78. The second-order valence-corrected chi connectivity index (χ2v) is 6.78. The second kappa shape index (κ2) is 8.70. The molecule has 26 heavy (non-hydrogen) atoms. The predicted molar refractivity (Wildman–Crippen MR) is 100 cm³/mol. The number of aromatic nitrogens is 1. The molecule has 138 valence electrons. The van der Waals surface area contributed by atoms with Crippen molar-refractivity contribution in [2.24, 2.45) is 0 Å². The fourth-order valence-electron chi connectivity index (χ4n) is 3.22. The van der Waals surface area contributed by atoms with Crippen LogP contribution >= 0.6 is 0 Å². The zero-order valence-corrected chi connectivity index (χ0v) is 15.5. The normalized spacial score (nSPS) is 14.2. The minimum absolute atomic E-state index is 0.0222. The molecular weight excluding hydrogens is 328 g/mol. The zero-order valence-electron chi connectivity index (χ0n) is 15.5. The molecule has 0 spiro atoms. The highest BCUT2D eigenvalue weighted by molar-refractivity contribution is 5.78. The Morgan fingerprint density at radius 1 is 1.19 bits per heavy atom. The van der Waals surface area contributed by atoms with Gasteiger partial charge in [-0.2, -0.15) is 0 Å². The number of aryl methyl sites for hydroxylation is 1. The largest absolute Gasteiger partial charge is 0.496 e. The molecule has 1 aromatic carbocycles. The number of hydrogen-bond acceptors (Lipinski definition) is 4. The first kappa shape index (κ1) is 18.2. The van der Waals surface area contributed by atoms with E-state index in [9.17, 15) is 4.79 Å². The molecule has 5 nitrogen and oxygen atoms in total. The average molecular weight is 354 g/mol. The van der Waals surface area contributed by atoms with Crippen molar-refractivity contribution in [3.63, 3.8) is 0 Å². The van der Waals surface area contributed by atoms with Gasteiger partial charge in [0.05, 0.1) is 13.5 Å². The van der Waals surface area contributed by atoms with Gasteiger partial charge in [0.25, 0.3) is 0 Å². The van der Waals surface area contributed by atoms with Gasteiger partial charge in [0.1, 0.15) is 11.9 Å². The van der Waals surface area contributed by atoms with Gasteiger partial charge in [-0.3, -0.25) is 4.79 Å². The highest BCUT2D eigenvalue weighted by Gasteiger charge is 2.17. The summed E-state index contributed by atoms with van der Waals surface area (Å²) in [6.07, 6.45) is 6.99. The molecule has 1 amide bonds. The van der Waals surface area contributed by atoms with Crippen LogP contribution in [0, 0.1) is 6.92 Å². The van der Waals surface area contributed by atoms with Gasteiger partial charge >= 0.3 is 0 Å². The van der Waals surface area contributed by atoms with Gasteiger partial charge in [0, 0.05) is 18.8 Å². The van der Waals surface area contributed by atoms with Crippen LogP contribution in [0.5, 0.6) is 11.6 Å². The van der Waals surface area contributed by atoms with Crippen molar-refractivity contribution < 1.29 is 14.3 Å². The Labute approximate surface area is 154 Å². The molecule has 5 heteroatoms. The quantitative estimate of drug-likeness (QED) is 0.826. The maximum Gasteiger partial charge on any atom is 0.224 e. The molecule has 1 fully saturated rings. The van der Waals surface area contributed by atoms with Crippen molar-refractivity contribution in [1.29, 1.82) is 0 Å². The summed E-state index contributed by atoms with van der Waals surface area (Å²) >= 11 is 0. The molecule has 1 heterocycles. The fourth-order valence-corrected chi connectivity index (χ4v) is 3.22. The van der Waals surface area contributed by atoms with E-state index in [1.807, 2.05) is 37.3 Å². The highest BCUT2D eigenvalue weighted by atomic mass is 16.5. The number of nitrogens with zero attached hydrogens (tertiary/aromatic N) is 1. The molecule has 0 saturated heterocycles. The lowest BCUT2D eigenvalue weighted by molar-refractivity contribution is -0.120. The van der Waals surface area contributed by atoms with E-state index in [0.29, 0.717) is 18.8 Å². The number of carbonyl (C=O) groups excluding carboxylic acids is 1. The Morgan fingerprint density at radius 2 is 2.00 bits per heavy atom. The number of ether oxygens (including phenoxy) is 2. The number of methoxy groups -OCH3 is 1. The van der Waals surface area contributed by atoms with Crippen LogP contribution in [0.25, 0.3) is 0 Å². The molecule has 0 unspecified atom stereocenters. The molecule has 1 N–H and O–H groups in total. The lowest BCUT2D eigenvalue weighted by Gasteiger charge is -2.13. The molecule has 0 aliphatic heterocycles. The maximum atomic E-state index is 12.2. The maximum absolute atomic E-state index is 12.2. The van der Waals surface area contributed by atoms with Gasteiger partial charge < -0.3 is 14.8 Å². The Kier molecular flexibility index (Phi) is 6.10. The number of pyridine rings is 1. The number of benzene rings is 1. The Balaban J connectivity index is 1.52. The van der Waals surface area contributed by atoms with E-state index < -0.39 is 0 Å². The van der Waals surface area contributed by atoms with Crippen molar-refractivity contribution in [3.05, 3.63) is 53.2 Å². The van der Waals surface area contributed by atoms with Crippen LogP contribution in [-0.4, -0.2) is 24.1 Å². The van der Waals surface area contributed by atoms with Gasteiger partial charge in [-0.15, -0.1) is 0 Å². The predicted octanol–water partition coefficient (Wildman–Crippen LogP) is 3.58. The van der Waals surface area contributed by atoms with E-state index >= 15 is 0 Å². The van der Waals surface area contributed by atoms with Crippen molar-refractivity contribution in [1.82, 2.24) is 10.3 Å². The van der Waals surface area contributed by atoms with Gasteiger partial charge in [0.15, 0.2) is 0 Å². The Hall–Kier alpha value is -2.56. The summed E-state index contributed by atoms with van der Waals surface area (Å²) in [5, 5.41) is 2.96. The summed E-state index contributed by atoms with van der Waals surface area (Å²) in [7, 11) is 1.64. The van der Waals surface area contributed by atoms with E-state index in [1.165, 1.54) is 12.8 Å². The first-order chi connectivity index (χ1) is 12.6. The lowest BCUT2D eigenvalue weighted by Crippen LogP contribution is -2.24. The fraction of sp³-hybridized carbons (Fsp3) is 0.429. The van der Waals surface area contributed by atoms with E-state index in [4.69, 9.17) is 9.47 Å². The number of rotatable bonds is 7. The summed E-state index contributed by atoms with van der Waals surface area (Å²) in [6, 6.07) is 9.65. The van der Waals surface area contributed by atoms with Crippen LogP contribution in [0.4, 0.5) is 0 Å². The molecule has 1 aromatic heterocycles. The average Bonchev–Trinajstić information content (AvgIpc) is 3.15. The summed E-state index contributed by atoms with van der Waals surface area (Å²) in [6.45, 7) is 2.45. The van der Waals surface area contributed by atoms with Crippen molar-refractivity contribution in [3.8, 4) is 11.6 Å².